The molecule has 114 valence electrons. The highest BCUT2D eigenvalue weighted by atomic mass is 35.5. The number of aryl methyl sites for hydroxylation is 1. The normalized spacial score (nSPS) is 11.3. The topological polar surface area (TPSA) is 84.6 Å². The Morgan fingerprint density at radius 2 is 2.09 bits per heavy atom. The Bertz CT molecular complexity index is 770. The SMILES string of the molecule is CC(=NNC(=O)c1ccc(C)c([N+](=O)[O-])c1)c1ccc(Cl)s1. The summed E-state index contributed by atoms with van der Waals surface area (Å²) in [5, 5.41) is 14.9. The van der Waals surface area contributed by atoms with Gasteiger partial charge in [0, 0.05) is 17.2 Å². The van der Waals surface area contributed by atoms with Crippen molar-refractivity contribution in [1.82, 2.24) is 5.43 Å². The lowest BCUT2D eigenvalue weighted by molar-refractivity contribution is -0.385. The quantitative estimate of drug-likeness (QED) is 0.523. The lowest BCUT2D eigenvalue weighted by atomic mass is 10.1. The first-order chi connectivity index (χ1) is 10.4. The van der Waals surface area contributed by atoms with Crippen LogP contribution in [-0.2, 0) is 0 Å². The molecule has 2 rings (SSSR count). The van der Waals surface area contributed by atoms with Gasteiger partial charge in [0.05, 0.1) is 19.8 Å². The minimum absolute atomic E-state index is 0.0987. The molecule has 6 nitrogen and oxygen atoms in total. The van der Waals surface area contributed by atoms with Gasteiger partial charge in [0.25, 0.3) is 11.6 Å². The van der Waals surface area contributed by atoms with E-state index in [0.717, 1.165) is 4.88 Å². The molecule has 0 aliphatic heterocycles. The number of rotatable bonds is 4. The number of nitrogens with zero attached hydrogens (tertiary/aromatic N) is 2. The summed E-state index contributed by atoms with van der Waals surface area (Å²) in [6.45, 7) is 3.35. The van der Waals surface area contributed by atoms with E-state index in [-0.39, 0.29) is 11.3 Å². The van der Waals surface area contributed by atoms with Gasteiger partial charge in [-0.2, -0.15) is 5.10 Å². The summed E-state index contributed by atoms with van der Waals surface area (Å²) in [4.78, 5) is 23.2. The minimum Gasteiger partial charge on any atom is -0.267 e. The van der Waals surface area contributed by atoms with Crippen molar-refractivity contribution in [3.8, 4) is 0 Å². The number of carbonyl (C=O) groups is 1. The molecular weight excluding hydrogens is 326 g/mol. The second kappa shape index (κ2) is 6.67. The van der Waals surface area contributed by atoms with Crippen LogP contribution in [0.2, 0.25) is 4.34 Å². The first kappa shape index (κ1) is 16.1. The summed E-state index contributed by atoms with van der Waals surface area (Å²) in [6.07, 6.45) is 0. The van der Waals surface area contributed by atoms with Crippen molar-refractivity contribution in [3.05, 3.63) is 60.8 Å². The van der Waals surface area contributed by atoms with E-state index >= 15 is 0 Å². The van der Waals surface area contributed by atoms with Crippen LogP contribution in [-0.4, -0.2) is 16.5 Å². The average Bonchev–Trinajstić information content (AvgIpc) is 2.91. The van der Waals surface area contributed by atoms with Gasteiger partial charge in [0.15, 0.2) is 0 Å². The van der Waals surface area contributed by atoms with Crippen LogP contribution in [0.5, 0.6) is 0 Å². The van der Waals surface area contributed by atoms with E-state index in [0.29, 0.717) is 15.6 Å². The Morgan fingerprint density at radius 1 is 1.36 bits per heavy atom. The molecule has 0 aliphatic carbocycles. The smallest absolute Gasteiger partial charge is 0.267 e. The number of thiophene rings is 1. The van der Waals surface area contributed by atoms with Crippen molar-refractivity contribution in [3.63, 3.8) is 0 Å². The molecule has 1 aromatic heterocycles. The van der Waals surface area contributed by atoms with Crippen LogP contribution in [0.15, 0.2) is 35.4 Å². The lowest BCUT2D eigenvalue weighted by Gasteiger charge is -2.03. The minimum atomic E-state index is -0.520. The summed E-state index contributed by atoms with van der Waals surface area (Å²) in [6, 6.07) is 7.82. The highest BCUT2D eigenvalue weighted by Crippen LogP contribution is 2.22. The second-order valence-electron chi connectivity index (χ2n) is 4.50. The second-order valence-corrected chi connectivity index (χ2v) is 6.22. The molecule has 0 spiro atoms. The molecule has 1 heterocycles. The van der Waals surface area contributed by atoms with E-state index in [9.17, 15) is 14.9 Å². The maximum atomic E-state index is 12.0. The molecule has 22 heavy (non-hydrogen) atoms. The summed E-state index contributed by atoms with van der Waals surface area (Å²) in [7, 11) is 0. The van der Waals surface area contributed by atoms with Gasteiger partial charge >= 0.3 is 0 Å². The molecule has 0 unspecified atom stereocenters. The molecule has 8 heteroatoms. The van der Waals surface area contributed by atoms with Gasteiger partial charge in [-0.3, -0.25) is 14.9 Å². The number of halogens is 1. The van der Waals surface area contributed by atoms with Crippen LogP contribution in [0.4, 0.5) is 5.69 Å². The van der Waals surface area contributed by atoms with E-state index < -0.39 is 10.8 Å². The first-order valence-electron chi connectivity index (χ1n) is 6.24. The van der Waals surface area contributed by atoms with Gasteiger partial charge in [-0.25, -0.2) is 5.43 Å². The van der Waals surface area contributed by atoms with Crippen LogP contribution in [0.3, 0.4) is 0 Å². The number of hydrogen-bond acceptors (Lipinski definition) is 5. The van der Waals surface area contributed by atoms with Gasteiger partial charge in [0.1, 0.15) is 0 Å². The zero-order valence-corrected chi connectivity index (χ0v) is 13.4. The molecule has 1 aromatic carbocycles. The van der Waals surface area contributed by atoms with Gasteiger partial charge in [0.2, 0.25) is 0 Å². The number of hydrogen-bond donors (Lipinski definition) is 1. The highest BCUT2D eigenvalue weighted by Gasteiger charge is 2.14. The third-order valence-corrected chi connectivity index (χ3v) is 4.26. The molecule has 1 N–H and O–H groups in total. The van der Waals surface area contributed by atoms with Crippen molar-refractivity contribution in [2.75, 3.05) is 0 Å². The predicted molar refractivity (Wildman–Crippen MR) is 86.8 cm³/mol. The van der Waals surface area contributed by atoms with Gasteiger partial charge in [-0.15, -0.1) is 11.3 Å². The van der Waals surface area contributed by atoms with Gasteiger partial charge in [-0.05, 0) is 32.0 Å². The summed E-state index contributed by atoms with van der Waals surface area (Å²) >= 11 is 7.18. The van der Waals surface area contributed by atoms with Crippen molar-refractivity contribution in [2.45, 2.75) is 13.8 Å². The zero-order chi connectivity index (χ0) is 16.3. The van der Waals surface area contributed by atoms with E-state index in [1.54, 1.807) is 26.0 Å². The standard InChI is InChI=1S/C14H12ClN3O3S/c1-8-3-4-10(7-11(8)18(20)21)14(19)17-16-9(2)12-5-6-13(15)22-12/h3-7H,1-2H3,(H,17,19). The van der Waals surface area contributed by atoms with E-state index in [1.165, 1.54) is 29.5 Å². The summed E-state index contributed by atoms with van der Waals surface area (Å²) in [5.74, 6) is -0.509. The van der Waals surface area contributed by atoms with E-state index in [2.05, 4.69) is 10.5 Å². The maximum Gasteiger partial charge on any atom is 0.273 e. The fraction of sp³-hybridized carbons (Fsp3) is 0.143. The number of nitrogens with one attached hydrogen (secondary N) is 1. The average molecular weight is 338 g/mol. The molecule has 0 aliphatic rings. The number of hydrazone groups is 1. The monoisotopic (exact) mass is 337 g/mol. The number of amides is 1. The highest BCUT2D eigenvalue weighted by molar-refractivity contribution is 7.18. The Kier molecular flexibility index (Phi) is 4.89. The molecule has 0 saturated carbocycles. The van der Waals surface area contributed by atoms with Gasteiger partial charge < -0.3 is 0 Å². The first-order valence-corrected chi connectivity index (χ1v) is 7.43. The molecule has 0 bridgehead atoms. The van der Waals surface area contributed by atoms with Crippen molar-refractivity contribution in [2.24, 2.45) is 5.10 Å². The lowest BCUT2D eigenvalue weighted by Crippen LogP contribution is -2.19. The van der Waals surface area contributed by atoms with E-state index in [1.807, 2.05) is 0 Å². The number of carbonyl (C=O) groups excluding carboxylic acids is 1. The fourth-order valence-corrected chi connectivity index (χ4v) is 2.70. The van der Waals surface area contributed by atoms with Crippen LogP contribution in [0.1, 0.15) is 27.7 Å². The Labute approximate surface area is 135 Å². The third-order valence-electron chi connectivity index (χ3n) is 2.92. The molecule has 0 atom stereocenters. The van der Waals surface area contributed by atoms with Crippen LogP contribution in [0.25, 0.3) is 0 Å². The van der Waals surface area contributed by atoms with Gasteiger partial charge in [-0.1, -0.05) is 17.7 Å². The van der Waals surface area contributed by atoms with Crippen LogP contribution in [0, 0.1) is 17.0 Å². The van der Waals surface area contributed by atoms with Crippen molar-refractivity contribution < 1.29 is 9.72 Å². The van der Waals surface area contributed by atoms with Crippen molar-refractivity contribution in [1.29, 1.82) is 0 Å². The van der Waals surface area contributed by atoms with E-state index in [4.69, 9.17) is 11.6 Å². The summed E-state index contributed by atoms with van der Waals surface area (Å²) in [5.41, 5.74) is 3.56. The number of benzene rings is 1. The maximum absolute atomic E-state index is 12.0. The third kappa shape index (κ3) is 3.69. The fourth-order valence-electron chi connectivity index (χ4n) is 1.71. The van der Waals surface area contributed by atoms with Crippen LogP contribution >= 0.6 is 22.9 Å². The molecule has 0 radical (unpaired) electrons. The Balaban J connectivity index is 2.16. The summed E-state index contributed by atoms with van der Waals surface area (Å²) < 4.78 is 0.630. The molecule has 1 amide bonds. The number of nitro groups is 1. The van der Waals surface area contributed by atoms with Crippen molar-refractivity contribution >= 4 is 40.2 Å². The molecular formula is C14H12ClN3O3S. The molecule has 0 fully saturated rings. The zero-order valence-electron chi connectivity index (χ0n) is 11.8. The Morgan fingerprint density at radius 3 is 2.68 bits per heavy atom. The molecule has 0 saturated heterocycles. The molecule has 2 aromatic rings. The Hall–Kier alpha value is -2.25. The largest absolute Gasteiger partial charge is 0.273 e. The van der Waals surface area contributed by atoms with Crippen LogP contribution < -0.4 is 5.43 Å². The number of nitro benzene ring substituents is 1. The predicted octanol–water partition coefficient (Wildman–Crippen LogP) is 3.77.